The second-order valence-corrected chi connectivity index (χ2v) is 9.34. The van der Waals surface area contributed by atoms with E-state index in [-0.39, 0.29) is 17.9 Å². The van der Waals surface area contributed by atoms with Gasteiger partial charge >= 0.3 is 0 Å². The SMILES string of the molecule is Cc1cc(Cc2nnc([C@@H](C)O)o2)c(C)c(CN2CCN(C(=O)C3CCC3)[C@@H](C)C2)c1. The summed E-state index contributed by atoms with van der Waals surface area (Å²) < 4.78 is 5.60. The Hall–Kier alpha value is -2.25. The van der Waals surface area contributed by atoms with E-state index in [9.17, 15) is 9.90 Å². The minimum Gasteiger partial charge on any atom is -0.422 e. The Morgan fingerprint density at radius 1 is 1.23 bits per heavy atom. The van der Waals surface area contributed by atoms with Crippen LogP contribution in [0.25, 0.3) is 0 Å². The quantitative estimate of drug-likeness (QED) is 0.764. The number of amides is 1. The summed E-state index contributed by atoms with van der Waals surface area (Å²) >= 11 is 0. The Kier molecular flexibility index (Phi) is 6.44. The largest absolute Gasteiger partial charge is 0.422 e. The van der Waals surface area contributed by atoms with Gasteiger partial charge in [-0.25, -0.2) is 0 Å². The van der Waals surface area contributed by atoms with E-state index in [1.165, 1.54) is 28.7 Å². The molecule has 0 spiro atoms. The molecule has 2 aromatic rings. The molecule has 0 bridgehead atoms. The molecule has 168 valence electrons. The van der Waals surface area contributed by atoms with Gasteiger partial charge in [0.2, 0.25) is 17.7 Å². The molecule has 1 aromatic heterocycles. The van der Waals surface area contributed by atoms with Crippen LogP contribution in [0.4, 0.5) is 0 Å². The van der Waals surface area contributed by atoms with Crippen molar-refractivity contribution in [2.45, 2.75) is 72.1 Å². The van der Waals surface area contributed by atoms with Crippen LogP contribution < -0.4 is 0 Å². The molecule has 2 fully saturated rings. The van der Waals surface area contributed by atoms with Crippen molar-refractivity contribution in [1.29, 1.82) is 0 Å². The van der Waals surface area contributed by atoms with Crippen molar-refractivity contribution in [2.24, 2.45) is 5.92 Å². The van der Waals surface area contributed by atoms with E-state index in [2.05, 4.69) is 52.9 Å². The lowest BCUT2D eigenvalue weighted by Gasteiger charge is -2.42. The summed E-state index contributed by atoms with van der Waals surface area (Å²) in [6, 6.07) is 4.68. The lowest BCUT2D eigenvalue weighted by Crippen LogP contribution is -2.55. The van der Waals surface area contributed by atoms with E-state index in [1.54, 1.807) is 6.92 Å². The smallest absolute Gasteiger partial charge is 0.244 e. The lowest BCUT2D eigenvalue weighted by molar-refractivity contribution is -0.142. The van der Waals surface area contributed by atoms with E-state index >= 15 is 0 Å². The van der Waals surface area contributed by atoms with Crippen molar-refractivity contribution >= 4 is 5.91 Å². The number of aliphatic hydroxyl groups is 1. The number of benzene rings is 1. The zero-order valence-corrected chi connectivity index (χ0v) is 19.1. The summed E-state index contributed by atoms with van der Waals surface area (Å²) in [5.74, 6) is 1.41. The molecule has 7 nitrogen and oxygen atoms in total. The summed E-state index contributed by atoms with van der Waals surface area (Å²) in [7, 11) is 0. The van der Waals surface area contributed by atoms with Crippen LogP contribution >= 0.6 is 0 Å². The average molecular weight is 427 g/mol. The molecule has 31 heavy (non-hydrogen) atoms. The van der Waals surface area contributed by atoms with Gasteiger partial charge in [-0.2, -0.15) is 0 Å². The minimum absolute atomic E-state index is 0.253. The van der Waals surface area contributed by atoms with E-state index < -0.39 is 6.10 Å². The first-order chi connectivity index (χ1) is 14.8. The molecule has 2 atom stereocenters. The Morgan fingerprint density at radius 2 is 1.97 bits per heavy atom. The molecule has 1 aliphatic heterocycles. The van der Waals surface area contributed by atoms with Gasteiger partial charge in [0.15, 0.2) is 0 Å². The molecular weight excluding hydrogens is 392 g/mol. The first-order valence-electron chi connectivity index (χ1n) is 11.4. The molecule has 1 saturated carbocycles. The van der Waals surface area contributed by atoms with Crippen molar-refractivity contribution in [2.75, 3.05) is 19.6 Å². The Morgan fingerprint density at radius 3 is 2.58 bits per heavy atom. The van der Waals surface area contributed by atoms with Gasteiger partial charge in [0, 0.05) is 38.1 Å². The number of aromatic nitrogens is 2. The maximum Gasteiger partial charge on any atom is 0.244 e. The first kappa shape index (κ1) is 22.0. The molecule has 1 N–H and O–H groups in total. The predicted molar refractivity (Wildman–Crippen MR) is 117 cm³/mol. The van der Waals surface area contributed by atoms with Gasteiger partial charge in [0.05, 0.1) is 6.42 Å². The summed E-state index contributed by atoms with van der Waals surface area (Å²) in [5, 5.41) is 17.6. The Labute approximate surface area is 184 Å². The normalized spacial score (nSPS) is 21.2. The molecule has 2 aliphatic rings. The molecule has 0 radical (unpaired) electrons. The van der Waals surface area contributed by atoms with Crippen molar-refractivity contribution in [1.82, 2.24) is 20.0 Å². The monoisotopic (exact) mass is 426 g/mol. The van der Waals surface area contributed by atoms with Gasteiger partial charge in [-0.3, -0.25) is 9.69 Å². The van der Waals surface area contributed by atoms with Crippen molar-refractivity contribution < 1.29 is 14.3 Å². The number of nitrogens with zero attached hydrogens (tertiary/aromatic N) is 4. The van der Waals surface area contributed by atoms with Crippen LogP contribution in [0.1, 0.15) is 73.2 Å². The molecule has 4 rings (SSSR count). The number of aliphatic hydroxyl groups excluding tert-OH is 1. The maximum absolute atomic E-state index is 12.7. The molecule has 2 heterocycles. The molecule has 1 amide bonds. The van der Waals surface area contributed by atoms with Gasteiger partial charge < -0.3 is 14.4 Å². The molecule has 1 aromatic carbocycles. The van der Waals surface area contributed by atoms with Gasteiger partial charge in [-0.05, 0) is 57.2 Å². The number of aryl methyl sites for hydroxylation is 1. The highest BCUT2D eigenvalue weighted by atomic mass is 16.4. The van der Waals surface area contributed by atoms with E-state index in [0.29, 0.717) is 18.2 Å². The lowest BCUT2D eigenvalue weighted by atomic mass is 9.84. The van der Waals surface area contributed by atoms with Crippen LogP contribution in [-0.2, 0) is 17.8 Å². The van der Waals surface area contributed by atoms with Crippen LogP contribution in [-0.4, -0.2) is 56.7 Å². The first-order valence-corrected chi connectivity index (χ1v) is 11.4. The highest BCUT2D eigenvalue weighted by Gasteiger charge is 2.34. The highest BCUT2D eigenvalue weighted by molar-refractivity contribution is 5.80. The van der Waals surface area contributed by atoms with Crippen molar-refractivity contribution in [3.8, 4) is 0 Å². The number of carbonyl (C=O) groups is 1. The van der Waals surface area contributed by atoms with Crippen LogP contribution in [0.3, 0.4) is 0 Å². The van der Waals surface area contributed by atoms with Crippen molar-refractivity contribution in [3.63, 3.8) is 0 Å². The number of rotatable bonds is 6. The maximum atomic E-state index is 12.7. The number of carbonyl (C=O) groups excluding carboxylic acids is 1. The molecule has 1 aliphatic carbocycles. The van der Waals surface area contributed by atoms with Gasteiger partial charge in [0.1, 0.15) is 6.10 Å². The third kappa shape index (κ3) is 4.83. The average Bonchev–Trinajstić information content (AvgIpc) is 3.13. The fourth-order valence-electron chi connectivity index (χ4n) is 4.67. The molecule has 0 unspecified atom stereocenters. The van der Waals surface area contributed by atoms with E-state index in [1.807, 2.05) is 0 Å². The Balaban J connectivity index is 1.43. The topological polar surface area (TPSA) is 82.7 Å². The minimum atomic E-state index is -0.757. The van der Waals surface area contributed by atoms with Crippen LogP contribution in [0.5, 0.6) is 0 Å². The molecular formula is C24H34N4O3. The van der Waals surface area contributed by atoms with Gasteiger partial charge in [0.25, 0.3) is 0 Å². The summed E-state index contributed by atoms with van der Waals surface area (Å²) in [5.41, 5.74) is 4.92. The van der Waals surface area contributed by atoms with E-state index in [4.69, 9.17) is 4.42 Å². The Bertz CT molecular complexity index is 935. The fourth-order valence-corrected chi connectivity index (χ4v) is 4.67. The predicted octanol–water partition coefficient (Wildman–Crippen LogP) is 3.16. The van der Waals surface area contributed by atoms with E-state index in [0.717, 1.165) is 39.0 Å². The molecule has 7 heteroatoms. The number of hydrogen-bond donors (Lipinski definition) is 1. The number of hydrogen-bond acceptors (Lipinski definition) is 6. The third-order valence-corrected chi connectivity index (χ3v) is 6.79. The van der Waals surface area contributed by atoms with Gasteiger partial charge in [-0.15, -0.1) is 10.2 Å². The number of piperazine rings is 1. The fraction of sp³-hybridized carbons (Fsp3) is 0.625. The summed E-state index contributed by atoms with van der Waals surface area (Å²) in [4.78, 5) is 17.2. The third-order valence-electron chi connectivity index (χ3n) is 6.79. The zero-order valence-electron chi connectivity index (χ0n) is 19.1. The highest BCUT2D eigenvalue weighted by Crippen LogP contribution is 2.30. The standard InChI is InChI=1S/C24H34N4O3/c1-15-10-20(12-22-25-26-23(31-22)18(4)29)17(3)21(11-15)14-27-8-9-28(16(2)13-27)24(30)19-6-5-7-19/h10-11,16,18-19,29H,5-9,12-14H2,1-4H3/t16-,18+/m0/s1. The summed E-state index contributed by atoms with van der Waals surface area (Å²) in [6.45, 7) is 11.6. The summed E-state index contributed by atoms with van der Waals surface area (Å²) in [6.07, 6.45) is 3.13. The zero-order chi connectivity index (χ0) is 22.1. The molecule has 1 saturated heterocycles. The second kappa shape index (κ2) is 9.09. The van der Waals surface area contributed by atoms with Crippen LogP contribution in [0, 0.1) is 19.8 Å². The van der Waals surface area contributed by atoms with Crippen molar-refractivity contribution in [3.05, 3.63) is 46.2 Å². The van der Waals surface area contributed by atoms with Crippen LogP contribution in [0.2, 0.25) is 0 Å². The second-order valence-electron chi connectivity index (χ2n) is 9.34. The van der Waals surface area contributed by atoms with Gasteiger partial charge in [-0.1, -0.05) is 24.1 Å². The van der Waals surface area contributed by atoms with Crippen LogP contribution in [0.15, 0.2) is 16.5 Å².